The van der Waals surface area contributed by atoms with Crippen molar-refractivity contribution < 1.29 is 9.53 Å². The van der Waals surface area contributed by atoms with Gasteiger partial charge in [-0.1, -0.05) is 18.2 Å². The number of methoxy groups -OCH3 is 1. The Hall–Kier alpha value is -1.35. The topological polar surface area (TPSA) is 38.3 Å². The molecule has 2 aliphatic rings. The zero-order valence-corrected chi connectivity index (χ0v) is 10.7. The van der Waals surface area contributed by atoms with Crippen molar-refractivity contribution in [1.82, 2.24) is 0 Å². The van der Waals surface area contributed by atoms with Crippen LogP contribution in [0.4, 0.5) is 5.69 Å². The minimum absolute atomic E-state index is 0.186. The van der Waals surface area contributed by atoms with E-state index in [1.54, 1.807) is 7.11 Å². The molecule has 3 rings (SSSR count). The van der Waals surface area contributed by atoms with Crippen LogP contribution in [0.15, 0.2) is 24.3 Å². The summed E-state index contributed by atoms with van der Waals surface area (Å²) in [5.74, 6) is 2.10. The maximum atomic E-state index is 12.2. The summed E-state index contributed by atoms with van der Waals surface area (Å²) in [6.07, 6.45) is 3.52. The zero-order valence-electron chi connectivity index (χ0n) is 10.7. The fraction of sp³-hybridized carbons (Fsp3) is 0.533. The van der Waals surface area contributed by atoms with Gasteiger partial charge >= 0.3 is 0 Å². The van der Waals surface area contributed by atoms with E-state index in [2.05, 4.69) is 5.32 Å². The lowest BCUT2D eigenvalue weighted by Crippen LogP contribution is -2.22. The largest absolute Gasteiger partial charge is 0.380 e. The number of ether oxygens (including phenoxy) is 1. The standard InChI is InChI=1S/C15H19NO2/c1-18-9-10-4-2-3-5-14(10)16-15(17)13-7-11-6-12(11)8-13/h2-5,11-13H,6-9H2,1H3,(H,16,17). The number of hydrogen-bond acceptors (Lipinski definition) is 2. The molecule has 2 unspecified atom stereocenters. The van der Waals surface area contributed by atoms with E-state index in [1.807, 2.05) is 24.3 Å². The SMILES string of the molecule is COCc1ccccc1NC(=O)C1CC2CC2C1. The van der Waals surface area contributed by atoms with Crippen molar-refractivity contribution in [3.8, 4) is 0 Å². The van der Waals surface area contributed by atoms with Crippen molar-refractivity contribution in [2.75, 3.05) is 12.4 Å². The third-order valence-corrected chi connectivity index (χ3v) is 4.19. The Morgan fingerprint density at radius 3 is 2.72 bits per heavy atom. The molecular formula is C15H19NO2. The molecule has 3 nitrogen and oxygen atoms in total. The maximum absolute atomic E-state index is 12.2. The van der Waals surface area contributed by atoms with Gasteiger partial charge in [-0.2, -0.15) is 0 Å². The summed E-state index contributed by atoms with van der Waals surface area (Å²) in [6.45, 7) is 0.534. The van der Waals surface area contributed by atoms with Gasteiger partial charge in [-0.25, -0.2) is 0 Å². The second-order valence-corrected chi connectivity index (χ2v) is 5.50. The van der Waals surface area contributed by atoms with Crippen LogP contribution in [0.1, 0.15) is 24.8 Å². The molecule has 0 bridgehead atoms. The van der Waals surface area contributed by atoms with E-state index in [1.165, 1.54) is 6.42 Å². The highest BCUT2D eigenvalue weighted by atomic mass is 16.5. The molecule has 3 heteroatoms. The maximum Gasteiger partial charge on any atom is 0.227 e. The van der Waals surface area contributed by atoms with Crippen molar-refractivity contribution in [3.63, 3.8) is 0 Å². The molecule has 18 heavy (non-hydrogen) atoms. The molecule has 0 heterocycles. The number of fused-ring (bicyclic) bond motifs is 1. The predicted molar refractivity (Wildman–Crippen MR) is 70.1 cm³/mol. The highest BCUT2D eigenvalue weighted by molar-refractivity contribution is 5.93. The van der Waals surface area contributed by atoms with E-state index in [4.69, 9.17) is 4.74 Å². The van der Waals surface area contributed by atoms with Crippen LogP contribution >= 0.6 is 0 Å². The van der Waals surface area contributed by atoms with Gasteiger partial charge in [0.1, 0.15) is 0 Å². The Morgan fingerprint density at radius 1 is 1.28 bits per heavy atom. The highest BCUT2D eigenvalue weighted by Gasteiger charge is 2.47. The summed E-state index contributed by atoms with van der Waals surface area (Å²) >= 11 is 0. The molecule has 1 N–H and O–H groups in total. The Balaban J connectivity index is 1.66. The Morgan fingerprint density at radius 2 is 2.00 bits per heavy atom. The number of benzene rings is 1. The van der Waals surface area contributed by atoms with Crippen molar-refractivity contribution in [1.29, 1.82) is 0 Å². The summed E-state index contributed by atoms with van der Waals surface area (Å²) in [4.78, 5) is 12.2. The average molecular weight is 245 g/mol. The molecule has 2 fully saturated rings. The molecule has 0 radical (unpaired) electrons. The number of anilines is 1. The molecule has 2 aliphatic carbocycles. The van der Waals surface area contributed by atoms with Gasteiger partial charge in [0.15, 0.2) is 0 Å². The normalized spacial score (nSPS) is 28.8. The molecule has 2 atom stereocenters. The first-order chi connectivity index (χ1) is 8.78. The molecule has 0 aliphatic heterocycles. The fourth-order valence-corrected chi connectivity index (χ4v) is 3.09. The highest BCUT2D eigenvalue weighted by Crippen LogP contribution is 2.54. The van der Waals surface area contributed by atoms with Gasteiger partial charge in [0.2, 0.25) is 5.91 Å². The lowest BCUT2D eigenvalue weighted by Gasteiger charge is -2.14. The van der Waals surface area contributed by atoms with Gasteiger partial charge in [0, 0.05) is 24.3 Å². The second-order valence-electron chi connectivity index (χ2n) is 5.50. The fourth-order valence-electron chi connectivity index (χ4n) is 3.09. The Bertz CT molecular complexity index is 448. The van der Waals surface area contributed by atoms with Crippen molar-refractivity contribution in [2.24, 2.45) is 17.8 Å². The van der Waals surface area contributed by atoms with Crippen molar-refractivity contribution in [2.45, 2.75) is 25.9 Å². The second kappa shape index (κ2) is 4.73. The summed E-state index contributed by atoms with van der Waals surface area (Å²) in [6, 6.07) is 7.85. The minimum atomic E-state index is 0.186. The third-order valence-electron chi connectivity index (χ3n) is 4.19. The van der Waals surface area contributed by atoms with E-state index in [-0.39, 0.29) is 11.8 Å². The van der Waals surface area contributed by atoms with E-state index < -0.39 is 0 Å². The predicted octanol–water partition coefficient (Wildman–Crippen LogP) is 2.82. The van der Waals surface area contributed by atoms with Gasteiger partial charge in [0.05, 0.1) is 6.61 Å². The Kier molecular flexibility index (Phi) is 3.08. The number of carbonyl (C=O) groups excluding carboxylic acids is 1. The number of amides is 1. The van der Waals surface area contributed by atoms with Crippen LogP contribution < -0.4 is 5.32 Å². The van der Waals surface area contributed by atoms with Crippen LogP contribution in [-0.2, 0) is 16.1 Å². The minimum Gasteiger partial charge on any atom is -0.380 e. The van der Waals surface area contributed by atoms with Crippen LogP contribution in [0, 0.1) is 17.8 Å². The Labute approximate surface area is 108 Å². The van der Waals surface area contributed by atoms with E-state index >= 15 is 0 Å². The molecule has 2 saturated carbocycles. The van der Waals surface area contributed by atoms with E-state index in [9.17, 15) is 4.79 Å². The number of para-hydroxylation sites is 1. The summed E-state index contributed by atoms with van der Waals surface area (Å²) in [5.41, 5.74) is 1.93. The molecular weight excluding hydrogens is 226 g/mol. The molecule has 1 aromatic carbocycles. The van der Waals surface area contributed by atoms with Gasteiger partial charge in [0.25, 0.3) is 0 Å². The molecule has 0 aromatic heterocycles. The van der Waals surface area contributed by atoms with Crippen molar-refractivity contribution in [3.05, 3.63) is 29.8 Å². The first-order valence-electron chi connectivity index (χ1n) is 6.65. The first-order valence-corrected chi connectivity index (χ1v) is 6.65. The van der Waals surface area contributed by atoms with Gasteiger partial charge in [-0.05, 0) is 37.2 Å². The van der Waals surface area contributed by atoms with Crippen LogP contribution in [-0.4, -0.2) is 13.0 Å². The van der Waals surface area contributed by atoms with Crippen LogP contribution in [0.2, 0.25) is 0 Å². The average Bonchev–Trinajstić information content (AvgIpc) is 2.99. The van der Waals surface area contributed by atoms with E-state index in [0.29, 0.717) is 6.61 Å². The number of hydrogen-bond donors (Lipinski definition) is 1. The van der Waals surface area contributed by atoms with Crippen molar-refractivity contribution >= 4 is 11.6 Å². The molecule has 0 saturated heterocycles. The summed E-state index contributed by atoms with van der Waals surface area (Å²) in [5, 5.41) is 3.06. The zero-order chi connectivity index (χ0) is 12.5. The summed E-state index contributed by atoms with van der Waals surface area (Å²) < 4.78 is 5.15. The quantitative estimate of drug-likeness (QED) is 0.885. The third kappa shape index (κ3) is 2.27. The number of rotatable bonds is 4. The van der Waals surface area contributed by atoms with E-state index in [0.717, 1.165) is 35.9 Å². The number of nitrogens with one attached hydrogen (secondary N) is 1. The summed E-state index contributed by atoms with van der Waals surface area (Å²) in [7, 11) is 1.67. The lowest BCUT2D eigenvalue weighted by atomic mass is 10.0. The lowest BCUT2D eigenvalue weighted by molar-refractivity contribution is -0.120. The van der Waals surface area contributed by atoms with Gasteiger partial charge in [-0.3, -0.25) is 4.79 Å². The first kappa shape index (κ1) is 11.7. The van der Waals surface area contributed by atoms with Crippen LogP contribution in [0.25, 0.3) is 0 Å². The number of carbonyl (C=O) groups is 1. The smallest absolute Gasteiger partial charge is 0.227 e. The van der Waals surface area contributed by atoms with Crippen LogP contribution in [0.5, 0.6) is 0 Å². The van der Waals surface area contributed by atoms with Crippen LogP contribution in [0.3, 0.4) is 0 Å². The molecule has 1 aromatic rings. The van der Waals surface area contributed by atoms with Gasteiger partial charge < -0.3 is 10.1 Å². The molecule has 0 spiro atoms. The van der Waals surface area contributed by atoms with Gasteiger partial charge in [-0.15, -0.1) is 0 Å². The molecule has 96 valence electrons. The monoisotopic (exact) mass is 245 g/mol. The molecule has 1 amide bonds.